The van der Waals surface area contributed by atoms with Crippen LogP contribution in [-0.4, -0.2) is 18.2 Å². The lowest BCUT2D eigenvalue weighted by Crippen LogP contribution is -2.50. The van der Waals surface area contributed by atoms with E-state index in [9.17, 15) is 0 Å². The predicted octanol–water partition coefficient (Wildman–Crippen LogP) is 1.29. The van der Waals surface area contributed by atoms with Crippen molar-refractivity contribution in [2.45, 2.75) is 44.8 Å². The molecule has 0 saturated heterocycles. The lowest BCUT2D eigenvalue weighted by Gasteiger charge is -2.38. The van der Waals surface area contributed by atoms with Gasteiger partial charge in [-0.1, -0.05) is 0 Å². The smallest absolute Gasteiger partial charge is 0.0649 e. The van der Waals surface area contributed by atoms with Gasteiger partial charge in [0.2, 0.25) is 0 Å². The Morgan fingerprint density at radius 2 is 2.10 bits per heavy atom. The van der Waals surface area contributed by atoms with E-state index < -0.39 is 0 Å². The van der Waals surface area contributed by atoms with Crippen LogP contribution in [0.5, 0.6) is 0 Å². The van der Waals surface area contributed by atoms with E-state index in [1.165, 1.54) is 6.42 Å². The number of hydrogen-bond donors (Lipinski definition) is 1. The molecular weight excluding hydrogens is 126 g/mol. The fraction of sp³-hybridized carbons (Fsp3) is 1.00. The van der Waals surface area contributed by atoms with Crippen molar-refractivity contribution in [1.82, 2.24) is 0 Å². The molecule has 0 heterocycles. The molecule has 0 atom stereocenters. The maximum Gasteiger partial charge on any atom is 0.0649 e. The van der Waals surface area contributed by atoms with Crippen LogP contribution in [0.15, 0.2) is 0 Å². The molecule has 0 radical (unpaired) electrons. The van der Waals surface area contributed by atoms with Gasteiger partial charge in [0.05, 0.1) is 12.7 Å². The van der Waals surface area contributed by atoms with Crippen LogP contribution in [0.2, 0.25) is 0 Å². The second-order valence-electron chi connectivity index (χ2n) is 3.58. The third-order valence-electron chi connectivity index (χ3n) is 2.05. The maximum atomic E-state index is 5.93. The van der Waals surface area contributed by atoms with Crippen molar-refractivity contribution < 1.29 is 4.74 Å². The Hall–Kier alpha value is -0.0800. The van der Waals surface area contributed by atoms with Gasteiger partial charge in [-0.3, -0.25) is 0 Å². The van der Waals surface area contributed by atoms with Crippen LogP contribution < -0.4 is 5.73 Å². The van der Waals surface area contributed by atoms with Gasteiger partial charge in [0.1, 0.15) is 0 Å². The molecule has 0 unspecified atom stereocenters. The SMILES string of the molecule is CC(C)OCC1(N)CCC1. The fourth-order valence-electron chi connectivity index (χ4n) is 1.11. The normalized spacial score (nSPS) is 22.8. The summed E-state index contributed by atoms with van der Waals surface area (Å²) in [5.41, 5.74) is 5.96. The molecule has 10 heavy (non-hydrogen) atoms. The molecule has 0 amide bonds. The summed E-state index contributed by atoms with van der Waals surface area (Å²) in [6.45, 7) is 4.83. The lowest BCUT2D eigenvalue weighted by atomic mass is 9.78. The van der Waals surface area contributed by atoms with Crippen LogP contribution in [0.1, 0.15) is 33.1 Å². The zero-order chi connectivity index (χ0) is 7.61. The minimum atomic E-state index is 0.0320. The Morgan fingerprint density at radius 1 is 1.50 bits per heavy atom. The van der Waals surface area contributed by atoms with E-state index in [-0.39, 0.29) is 5.54 Å². The highest BCUT2D eigenvalue weighted by Crippen LogP contribution is 2.29. The molecule has 1 aliphatic rings. The summed E-state index contributed by atoms with van der Waals surface area (Å²) in [6, 6.07) is 0. The van der Waals surface area contributed by atoms with Gasteiger partial charge in [-0.15, -0.1) is 0 Å². The lowest BCUT2D eigenvalue weighted by molar-refractivity contribution is 0.0142. The molecule has 0 aromatic heterocycles. The van der Waals surface area contributed by atoms with Crippen LogP contribution in [0.4, 0.5) is 0 Å². The first-order chi connectivity index (χ1) is 4.62. The molecule has 0 bridgehead atoms. The van der Waals surface area contributed by atoms with Gasteiger partial charge in [0.25, 0.3) is 0 Å². The molecule has 1 saturated carbocycles. The van der Waals surface area contributed by atoms with E-state index in [2.05, 4.69) is 0 Å². The molecule has 2 heteroatoms. The zero-order valence-electron chi connectivity index (χ0n) is 6.89. The number of rotatable bonds is 3. The number of ether oxygens (including phenoxy) is 1. The molecule has 0 aromatic carbocycles. The summed E-state index contributed by atoms with van der Waals surface area (Å²) in [5.74, 6) is 0. The Balaban J connectivity index is 2.12. The van der Waals surface area contributed by atoms with Gasteiger partial charge in [-0.05, 0) is 33.1 Å². The van der Waals surface area contributed by atoms with Crippen molar-refractivity contribution >= 4 is 0 Å². The molecule has 2 N–H and O–H groups in total. The molecule has 1 aliphatic carbocycles. The van der Waals surface area contributed by atoms with E-state index in [1.54, 1.807) is 0 Å². The second-order valence-corrected chi connectivity index (χ2v) is 3.58. The molecule has 1 rings (SSSR count). The maximum absolute atomic E-state index is 5.93. The van der Waals surface area contributed by atoms with Crippen LogP contribution in [0, 0.1) is 0 Å². The van der Waals surface area contributed by atoms with E-state index >= 15 is 0 Å². The van der Waals surface area contributed by atoms with Crippen molar-refractivity contribution in [2.75, 3.05) is 6.61 Å². The third-order valence-corrected chi connectivity index (χ3v) is 2.05. The summed E-state index contributed by atoms with van der Waals surface area (Å²) >= 11 is 0. The largest absolute Gasteiger partial charge is 0.377 e. The summed E-state index contributed by atoms with van der Waals surface area (Å²) in [5, 5.41) is 0. The average Bonchev–Trinajstić information content (AvgIpc) is 1.79. The molecule has 0 aliphatic heterocycles. The van der Waals surface area contributed by atoms with E-state index in [0.717, 1.165) is 19.4 Å². The van der Waals surface area contributed by atoms with Crippen molar-refractivity contribution in [3.8, 4) is 0 Å². The van der Waals surface area contributed by atoms with Crippen molar-refractivity contribution in [2.24, 2.45) is 5.73 Å². The molecule has 0 aromatic rings. The van der Waals surface area contributed by atoms with Gasteiger partial charge in [0, 0.05) is 5.54 Å². The van der Waals surface area contributed by atoms with Crippen molar-refractivity contribution in [3.63, 3.8) is 0 Å². The Morgan fingerprint density at radius 3 is 2.40 bits per heavy atom. The minimum Gasteiger partial charge on any atom is -0.377 e. The summed E-state index contributed by atoms with van der Waals surface area (Å²) in [7, 11) is 0. The zero-order valence-corrected chi connectivity index (χ0v) is 6.89. The van der Waals surface area contributed by atoms with Gasteiger partial charge >= 0.3 is 0 Å². The highest BCUT2D eigenvalue weighted by molar-refractivity contribution is 4.92. The Labute approximate surface area is 62.7 Å². The van der Waals surface area contributed by atoms with Crippen LogP contribution >= 0.6 is 0 Å². The molecule has 0 spiro atoms. The summed E-state index contributed by atoms with van der Waals surface area (Å²) in [4.78, 5) is 0. The first kappa shape index (κ1) is 8.02. The average molecular weight is 143 g/mol. The Kier molecular flexibility index (Phi) is 2.32. The van der Waals surface area contributed by atoms with Crippen LogP contribution in [0.25, 0.3) is 0 Å². The first-order valence-electron chi connectivity index (χ1n) is 4.03. The summed E-state index contributed by atoms with van der Waals surface area (Å²) in [6.07, 6.45) is 3.87. The predicted molar refractivity (Wildman–Crippen MR) is 41.9 cm³/mol. The standard InChI is InChI=1S/C8H17NO/c1-7(2)10-6-8(9)4-3-5-8/h7H,3-6,9H2,1-2H3. The number of hydrogen-bond acceptors (Lipinski definition) is 2. The fourth-order valence-corrected chi connectivity index (χ4v) is 1.11. The van der Waals surface area contributed by atoms with Gasteiger partial charge in [0.15, 0.2) is 0 Å². The third kappa shape index (κ3) is 1.96. The highest BCUT2D eigenvalue weighted by Gasteiger charge is 2.32. The van der Waals surface area contributed by atoms with E-state index in [4.69, 9.17) is 10.5 Å². The second kappa shape index (κ2) is 2.89. The molecule has 2 nitrogen and oxygen atoms in total. The van der Waals surface area contributed by atoms with Gasteiger partial charge in [-0.25, -0.2) is 0 Å². The molecule has 1 fully saturated rings. The molecular formula is C8H17NO. The number of nitrogens with two attached hydrogens (primary N) is 1. The van der Waals surface area contributed by atoms with E-state index in [1.807, 2.05) is 13.8 Å². The summed E-state index contributed by atoms with van der Waals surface area (Å²) < 4.78 is 5.42. The van der Waals surface area contributed by atoms with E-state index in [0.29, 0.717) is 6.10 Å². The quantitative estimate of drug-likeness (QED) is 0.646. The highest BCUT2D eigenvalue weighted by atomic mass is 16.5. The van der Waals surface area contributed by atoms with Gasteiger partial charge < -0.3 is 10.5 Å². The van der Waals surface area contributed by atoms with Crippen LogP contribution in [0.3, 0.4) is 0 Å². The monoisotopic (exact) mass is 143 g/mol. The topological polar surface area (TPSA) is 35.2 Å². The van der Waals surface area contributed by atoms with Crippen molar-refractivity contribution in [3.05, 3.63) is 0 Å². The van der Waals surface area contributed by atoms with Crippen LogP contribution in [-0.2, 0) is 4.74 Å². The van der Waals surface area contributed by atoms with Crippen molar-refractivity contribution in [1.29, 1.82) is 0 Å². The Bertz CT molecular complexity index is 108. The first-order valence-corrected chi connectivity index (χ1v) is 4.03. The van der Waals surface area contributed by atoms with Gasteiger partial charge in [-0.2, -0.15) is 0 Å². The minimum absolute atomic E-state index is 0.0320. The molecule has 60 valence electrons.